The first-order valence-electron chi connectivity index (χ1n) is 8.69. The van der Waals surface area contributed by atoms with Gasteiger partial charge in [0.1, 0.15) is 13.2 Å². The quantitative estimate of drug-likeness (QED) is 0.624. The number of fused-ring (bicyclic) bond motifs is 1. The zero-order valence-electron chi connectivity index (χ0n) is 15.3. The third kappa shape index (κ3) is 3.55. The number of ether oxygens (including phenoxy) is 2. The molecule has 0 radical (unpaired) electrons. The summed E-state index contributed by atoms with van der Waals surface area (Å²) in [5.74, 6) is 2.25. The van der Waals surface area contributed by atoms with Gasteiger partial charge in [0.25, 0.3) is 0 Å². The number of hydrogen-bond acceptors (Lipinski definition) is 6. The second-order valence-corrected chi connectivity index (χ2v) is 7.31. The molecule has 0 bridgehead atoms. The summed E-state index contributed by atoms with van der Waals surface area (Å²) < 4.78 is 13.2. The Labute approximate surface area is 162 Å². The topological polar surface area (TPSA) is 62.1 Å². The van der Waals surface area contributed by atoms with E-state index in [1.165, 1.54) is 5.56 Å². The van der Waals surface area contributed by atoms with Crippen LogP contribution >= 0.6 is 11.8 Å². The van der Waals surface area contributed by atoms with Gasteiger partial charge >= 0.3 is 0 Å². The summed E-state index contributed by atoms with van der Waals surface area (Å²) in [5, 5.41) is 13.0. The van der Waals surface area contributed by atoms with Crippen molar-refractivity contribution in [3.05, 3.63) is 59.2 Å². The van der Waals surface area contributed by atoms with Crippen LogP contribution in [0.5, 0.6) is 11.5 Å². The van der Waals surface area contributed by atoms with Crippen LogP contribution < -0.4 is 9.47 Å². The number of aromatic nitrogens is 4. The zero-order valence-corrected chi connectivity index (χ0v) is 16.1. The van der Waals surface area contributed by atoms with E-state index in [1.54, 1.807) is 22.5 Å². The third-order valence-corrected chi connectivity index (χ3v) is 5.34. The van der Waals surface area contributed by atoms with Crippen molar-refractivity contribution in [1.82, 2.24) is 20.2 Å². The Bertz CT molecular complexity index is 1000. The smallest absolute Gasteiger partial charge is 0.214 e. The molecule has 2 heterocycles. The molecule has 0 fully saturated rings. The highest BCUT2D eigenvalue weighted by Gasteiger charge is 2.17. The Morgan fingerprint density at radius 3 is 2.89 bits per heavy atom. The Morgan fingerprint density at radius 2 is 2.04 bits per heavy atom. The van der Waals surface area contributed by atoms with Gasteiger partial charge in [-0.1, -0.05) is 36.5 Å². The highest BCUT2D eigenvalue weighted by atomic mass is 32.2. The predicted octanol–water partition coefficient (Wildman–Crippen LogP) is 3.99. The molecule has 3 aromatic rings. The highest BCUT2D eigenvalue weighted by Crippen LogP contribution is 2.37. The van der Waals surface area contributed by atoms with Crippen LogP contribution in [0.15, 0.2) is 42.1 Å². The molecule has 0 saturated carbocycles. The second kappa shape index (κ2) is 7.44. The molecule has 0 saturated heterocycles. The fourth-order valence-electron chi connectivity index (χ4n) is 2.99. The Balaban J connectivity index is 1.59. The molecule has 0 amide bonds. The molecule has 0 aliphatic carbocycles. The maximum atomic E-state index is 5.74. The third-order valence-electron chi connectivity index (χ3n) is 4.35. The van der Waals surface area contributed by atoms with Gasteiger partial charge in [0.2, 0.25) is 5.16 Å². The van der Waals surface area contributed by atoms with Crippen LogP contribution in [0.3, 0.4) is 0 Å². The van der Waals surface area contributed by atoms with E-state index in [-0.39, 0.29) is 0 Å². The average Bonchev–Trinajstić information content (AvgIpc) is 3.16. The lowest BCUT2D eigenvalue weighted by atomic mass is 10.1. The maximum absolute atomic E-state index is 5.74. The molecule has 0 N–H and O–H groups in total. The fourth-order valence-corrected chi connectivity index (χ4v) is 3.80. The van der Waals surface area contributed by atoms with Crippen LogP contribution in [0.1, 0.15) is 22.3 Å². The molecule has 6 nitrogen and oxygen atoms in total. The summed E-state index contributed by atoms with van der Waals surface area (Å²) in [7, 11) is 0. The van der Waals surface area contributed by atoms with Gasteiger partial charge < -0.3 is 9.47 Å². The van der Waals surface area contributed by atoms with Gasteiger partial charge in [0, 0.05) is 11.3 Å². The van der Waals surface area contributed by atoms with Crippen LogP contribution in [-0.4, -0.2) is 33.4 Å². The number of aryl methyl sites for hydroxylation is 2. The van der Waals surface area contributed by atoms with Gasteiger partial charge in [0.15, 0.2) is 11.5 Å². The van der Waals surface area contributed by atoms with E-state index in [4.69, 9.17) is 9.47 Å². The highest BCUT2D eigenvalue weighted by molar-refractivity contribution is 7.98. The summed E-state index contributed by atoms with van der Waals surface area (Å²) in [6.07, 6.45) is 1.79. The van der Waals surface area contributed by atoms with E-state index < -0.39 is 0 Å². The summed E-state index contributed by atoms with van der Waals surface area (Å²) in [6, 6.07) is 10.3. The van der Waals surface area contributed by atoms with Gasteiger partial charge in [0.05, 0.1) is 5.69 Å². The number of thioether (sulfide) groups is 1. The summed E-state index contributed by atoms with van der Waals surface area (Å²) >= 11 is 1.58. The molecule has 27 heavy (non-hydrogen) atoms. The average molecular weight is 380 g/mol. The largest absolute Gasteiger partial charge is 0.486 e. The lowest BCUT2D eigenvalue weighted by Crippen LogP contribution is -2.16. The van der Waals surface area contributed by atoms with Gasteiger partial charge in [-0.2, -0.15) is 4.68 Å². The molecule has 0 unspecified atom stereocenters. The van der Waals surface area contributed by atoms with E-state index >= 15 is 0 Å². The second-order valence-electron chi connectivity index (χ2n) is 6.37. The summed E-state index contributed by atoms with van der Waals surface area (Å²) in [4.78, 5) is 0. The van der Waals surface area contributed by atoms with Gasteiger partial charge in [-0.25, -0.2) is 0 Å². The Morgan fingerprint density at radius 1 is 1.19 bits per heavy atom. The van der Waals surface area contributed by atoms with Gasteiger partial charge in [-0.3, -0.25) is 0 Å². The minimum absolute atomic E-state index is 0.561. The molecular formula is C20H20N4O2S. The molecule has 0 atom stereocenters. The first-order valence-corrected chi connectivity index (χ1v) is 9.68. The van der Waals surface area contributed by atoms with E-state index in [0.29, 0.717) is 19.0 Å². The van der Waals surface area contributed by atoms with Crippen LogP contribution in [-0.2, 0) is 5.75 Å². The number of benzene rings is 2. The number of rotatable bonds is 5. The van der Waals surface area contributed by atoms with Crippen LogP contribution in [0.25, 0.3) is 11.8 Å². The molecule has 1 aromatic heterocycles. The van der Waals surface area contributed by atoms with Crippen molar-refractivity contribution in [1.29, 1.82) is 0 Å². The Hall–Kier alpha value is -2.80. The molecule has 1 aliphatic heterocycles. The molecule has 138 valence electrons. The van der Waals surface area contributed by atoms with Crippen molar-refractivity contribution in [3.8, 4) is 17.2 Å². The van der Waals surface area contributed by atoms with Crippen LogP contribution in [0.4, 0.5) is 0 Å². The summed E-state index contributed by atoms with van der Waals surface area (Å²) in [5.41, 5.74) is 5.34. The molecule has 1 aliphatic rings. The van der Waals surface area contributed by atoms with E-state index in [1.807, 2.05) is 6.07 Å². The SMILES string of the molecule is C=Cc1cc(CSc2nnnn2-c2cc(C)ccc2C)cc2c1OCCO2. The van der Waals surface area contributed by atoms with Crippen molar-refractivity contribution in [3.63, 3.8) is 0 Å². The van der Waals surface area contributed by atoms with Crippen molar-refractivity contribution < 1.29 is 9.47 Å². The molecule has 2 aromatic carbocycles. The fraction of sp³-hybridized carbons (Fsp3) is 0.250. The molecule has 4 rings (SSSR count). The lowest BCUT2D eigenvalue weighted by Gasteiger charge is -2.21. The van der Waals surface area contributed by atoms with Crippen LogP contribution in [0, 0.1) is 13.8 Å². The molecule has 0 spiro atoms. The lowest BCUT2D eigenvalue weighted by molar-refractivity contribution is 0.171. The van der Waals surface area contributed by atoms with E-state index in [9.17, 15) is 0 Å². The normalized spacial score (nSPS) is 12.8. The summed E-state index contributed by atoms with van der Waals surface area (Å²) in [6.45, 7) is 9.12. The standard InChI is InChI=1S/C20H20N4O2S/c1-4-16-10-15(11-18-19(16)26-8-7-25-18)12-27-20-21-22-23-24(20)17-9-13(2)5-6-14(17)3/h4-6,9-11H,1,7-8,12H2,2-3H3. The first kappa shape index (κ1) is 17.6. The first-order chi connectivity index (χ1) is 13.2. The van der Waals surface area contributed by atoms with E-state index in [2.05, 4.69) is 60.2 Å². The Kier molecular flexibility index (Phi) is 4.85. The van der Waals surface area contributed by atoms with Crippen LogP contribution in [0.2, 0.25) is 0 Å². The van der Waals surface area contributed by atoms with Crippen molar-refractivity contribution >= 4 is 17.8 Å². The van der Waals surface area contributed by atoms with E-state index in [0.717, 1.165) is 39.0 Å². The maximum Gasteiger partial charge on any atom is 0.214 e. The number of nitrogens with zero attached hydrogens (tertiary/aromatic N) is 4. The number of hydrogen-bond donors (Lipinski definition) is 0. The monoisotopic (exact) mass is 380 g/mol. The number of tetrazole rings is 1. The molecule has 7 heteroatoms. The van der Waals surface area contributed by atoms with Crippen molar-refractivity contribution in [2.45, 2.75) is 24.8 Å². The van der Waals surface area contributed by atoms with Crippen molar-refractivity contribution in [2.24, 2.45) is 0 Å². The van der Waals surface area contributed by atoms with Gasteiger partial charge in [-0.05, 0) is 59.2 Å². The van der Waals surface area contributed by atoms with Crippen molar-refractivity contribution in [2.75, 3.05) is 13.2 Å². The minimum Gasteiger partial charge on any atom is -0.486 e. The minimum atomic E-state index is 0.561. The zero-order chi connectivity index (χ0) is 18.8. The van der Waals surface area contributed by atoms with Gasteiger partial charge in [-0.15, -0.1) is 5.10 Å². The predicted molar refractivity (Wildman–Crippen MR) is 106 cm³/mol. The molecular weight excluding hydrogens is 360 g/mol.